The zero-order valence-electron chi connectivity index (χ0n) is 10.3. The number of methoxy groups -OCH3 is 2. The van der Waals surface area contributed by atoms with E-state index >= 15 is 0 Å². The number of ether oxygens (including phenoxy) is 2. The molecular weight excluding hydrogens is 238 g/mol. The van der Waals surface area contributed by atoms with Gasteiger partial charge in [0.15, 0.2) is 0 Å². The van der Waals surface area contributed by atoms with Crippen molar-refractivity contribution >= 4 is 12.4 Å². The maximum absolute atomic E-state index is 6.07. The summed E-state index contributed by atoms with van der Waals surface area (Å²) in [6.07, 6.45) is 3.65. The van der Waals surface area contributed by atoms with Crippen LogP contribution in [-0.2, 0) is 0 Å². The largest absolute Gasteiger partial charge is 0.497 e. The second-order valence-electron chi connectivity index (χ2n) is 3.62. The third-order valence-electron chi connectivity index (χ3n) is 2.48. The maximum Gasteiger partial charge on any atom is 0.122 e. The summed E-state index contributed by atoms with van der Waals surface area (Å²) in [7, 11) is 3.27. The lowest BCUT2D eigenvalue weighted by Gasteiger charge is -2.13. The average molecular weight is 258 g/mol. The highest BCUT2D eigenvalue weighted by molar-refractivity contribution is 5.85. The number of rotatable bonds is 6. The van der Waals surface area contributed by atoms with E-state index in [0.29, 0.717) is 0 Å². The van der Waals surface area contributed by atoms with Gasteiger partial charge in [-0.05, 0) is 30.5 Å². The lowest BCUT2D eigenvalue weighted by molar-refractivity contribution is 0.392. The molecule has 1 rings (SSSR count). The highest BCUT2D eigenvalue weighted by Crippen LogP contribution is 2.27. The first-order chi connectivity index (χ1) is 7.71. The van der Waals surface area contributed by atoms with E-state index in [1.807, 2.05) is 24.3 Å². The van der Waals surface area contributed by atoms with Crippen LogP contribution in [0.5, 0.6) is 11.5 Å². The quantitative estimate of drug-likeness (QED) is 0.797. The molecule has 1 atom stereocenters. The first-order valence-electron chi connectivity index (χ1n) is 5.30. The Morgan fingerprint density at radius 1 is 1.24 bits per heavy atom. The highest BCUT2D eigenvalue weighted by atomic mass is 35.5. The molecule has 0 spiro atoms. The molecule has 0 saturated carbocycles. The first kappa shape index (κ1) is 15.8. The van der Waals surface area contributed by atoms with Gasteiger partial charge in [0.2, 0.25) is 0 Å². The topological polar surface area (TPSA) is 44.5 Å². The fraction of sp³-hybridized carbons (Fsp3) is 0.385. The van der Waals surface area contributed by atoms with Gasteiger partial charge in [-0.25, -0.2) is 0 Å². The summed E-state index contributed by atoms with van der Waals surface area (Å²) in [5.74, 6) is 1.53. The van der Waals surface area contributed by atoms with Crippen LogP contribution in [0.25, 0.3) is 0 Å². The molecule has 96 valence electrons. The Kier molecular flexibility index (Phi) is 7.42. The van der Waals surface area contributed by atoms with Crippen molar-refractivity contribution in [1.29, 1.82) is 0 Å². The molecule has 0 unspecified atom stereocenters. The smallest absolute Gasteiger partial charge is 0.122 e. The van der Waals surface area contributed by atoms with Crippen LogP contribution in [0.1, 0.15) is 24.4 Å². The monoisotopic (exact) mass is 257 g/mol. The van der Waals surface area contributed by atoms with Gasteiger partial charge >= 0.3 is 0 Å². The molecule has 0 aromatic heterocycles. The lowest BCUT2D eigenvalue weighted by atomic mass is 10.0. The Morgan fingerprint density at radius 2 is 1.76 bits per heavy atom. The number of benzene rings is 1. The molecule has 0 amide bonds. The van der Waals surface area contributed by atoms with Gasteiger partial charge in [-0.15, -0.1) is 19.0 Å². The molecule has 0 aliphatic carbocycles. The summed E-state index contributed by atoms with van der Waals surface area (Å²) in [6, 6.07) is 5.71. The molecule has 0 aliphatic heterocycles. The van der Waals surface area contributed by atoms with Gasteiger partial charge < -0.3 is 15.2 Å². The zero-order chi connectivity index (χ0) is 12.0. The van der Waals surface area contributed by atoms with Crippen LogP contribution in [0.2, 0.25) is 0 Å². The van der Waals surface area contributed by atoms with E-state index in [1.54, 1.807) is 14.2 Å². The summed E-state index contributed by atoms with van der Waals surface area (Å²) in [4.78, 5) is 0. The van der Waals surface area contributed by atoms with E-state index in [9.17, 15) is 0 Å². The van der Waals surface area contributed by atoms with Gasteiger partial charge in [-0.1, -0.05) is 6.08 Å². The van der Waals surface area contributed by atoms with E-state index < -0.39 is 0 Å². The predicted octanol–water partition coefficient (Wildman–Crippen LogP) is 3.09. The van der Waals surface area contributed by atoms with Crippen LogP contribution in [0.3, 0.4) is 0 Å². The second-order valence-corrected chi connectivity index (χ2v) is 3.62. The minimum atomic E-state index is -0.0120. The van der Waals surface area contributed by atoms with Crippen LogP contribution in [0.15, 0.2) is 30.9 Å². The Hall–Kier alpha value is -1.19. The first-order valence-corrected chi connectivity index (χ1v) is 5.30. The summed E-state index contributed by atoms with van der Waals surface area (Å²) in [5.41, 5.74) is 7.10. The van der Waals surface area contributed by atoms with Crippen molar-refractivity contribution in [2.24, 2.45) is 5.73 Å². The third kappa shape index (κ3) is 4.67. The van der Waals surface area contributed by atoms with Crippen LogP contribution in [0, 0.1) is 0 Å². The highest BCUT2D eigenvalue weighted by Gasteiger charge is 2.08. The molecule has 0 heterocycles. The number of hydrogen-bond acceptors (Lipinski definition) is 3. The summed E-state index contributed by atoms with van der Waals surface area (Å²) in [6.45, 7) is 3.69. The fourth-order valence-electron chi connectivity index (χ4n) is 1.51. The Labute approximate surface area is 109 Å². The lowest BCUT2D eigenvalue weighted by Crippen LogP contribution is -2.10. The summed E-state index contributed by atoms with van der Waals surface area (Å²) < 4.78 is 10.4. The van der Waals surface area contributed by atoms with E-state index in [4.69, 9.17) is 15.2 Å². The molecule has 0 saturated heterocycles. The van der Waals surface area contributed by atoms with Crippen molar-refractivity contribution in [3.05, 3.63) is 36.4 Å². The van der Waals surface area contributed by atoms with Crippen molar-refractivity contribution < 1.29 is 9.47 Å². The number of allylic oxidation sites excluding steroid dienone is 1. The normalized spacial score (nSPS) is 11.2. The maximum atomic E-state index is 6.07. The minimum absolute atomic E-state index is 0. The molecule has 0 aliphatic rings. The van der Waals surface area contributed by atoms with Gasteiger partial charge in [0.25, 0.3) is 0 Å². The van der Waals surface area contributed by atoms with Crippen LogP contribution >= 0.6 is 12.4 Å². The zero-order valence-corrected chi connectivity index (χ0v) is 11.1. The van der Waals surface area contributed by atoms with Crippen molar-refractivity contribution in [3.8, 4) is 11.5 Å². The molecule has 3 nitrogen and oxygen atoms in total. The van der Waals surface area contributed by atoms with Crippen LogP contribution in [-0.4, -0.2) is 14.2 Å². The Bertz CT molecular complexity index is 333. The number of halogens is 1. The molecule has 1 aromatic rings. The van der Waals surface area contributed by atoms with Crippen LogP contribution < -0.4 is 15.2 Å². The van der Waals surface area contributed by atoms with Crippen molar-refractivity contribution in [1.82, 2.24) is 0 Å². The van der Waals surface area contributed by atoms with Crippen molar-refractivity contribution in [2.75, 3.05) is 14.2 Å². The van der Waals surface area contributed by atoms with Gasteiger partial charge in [0, 0.05) is 12.1 Å². The van der Waals surface area contributed by atoms with Gasteiger partial charge in [-0.3, -0.25) is 0 Å². The number of nitrogens with two attached hydrogens (primary N) is 1. The summed E-state index contributed by atoms with van der Waals surface area (Å²) >= 11 is 0. The van der Waals surface area contributed by atoms with Gasteiger partial charge in [0.1, 0.15) is 11.5 Å². The predicted molar refractivity (Wildman–Crippen MR) is 73.2 cm³/mol. The van der Waals surface area contributed by atoms with Gasteiger partial charge in [-0.2, -0.15) is 0 Å². The third-order valence-corrected chi connectivity index (χ3v) is 2.48. The van der Waals surface area contributed by atoms with Gasteiger partial charge in [0.05, 0.1) is 14.2 Å². The van der Waals surface area contributed by atoms with E-state index in [-0.39, 0.29) is 18.4 Å². The standard InChI is InChI=1S/C13H19NO2.ClH/c1-4-5-6-13(14)10-7-11(15-2)9-12(8-10)16-3;/h4,7-9,13H,1,5-6,14H2,2-3H3;1H/t13-;/m0./s1. The molecule has 1 aromatic carbocycles. The number of hydrogen-bond donors (Lipinski definition) is 1. The molecule has 0 radical (unpaired) electrons. The van der Waals surface area contributed by atoms with Crippen LogP contribution in [0.4, 0.5) is 0 Å². The molecule has 17 heavy (non-hydrogen) atoms. The van der Waals surface area contributed by atoms with Crippen molar-refractivity contribution in [2.45, 2.75) is 18.9 Å². The molecule has 0 bridgehead atoms. The van der Waals surface area contributed by atoms with E-state index in [0.717, 1.165) is 29.9 Å². The minimum Gasteiger partial charge on any atom is -0.497 e. The SMILES string of the molecule is C=CCC[C@H](N)c1cc(OC)cc(OC)c1.Cl. The average Bonchev–Trinajstić information content (AvgIpc) is 2.35. The van der Waals surface area contributed by atoms with Crippen molar-refractivity contribution in [3.63, 3.8) is 0 Å². The van der Waals surface area contributed by atoms with E-state index in [2.05, 4.69) is 6.58 Å². The molecular formula is C13H20ClNO2. The molecule has 0 fully saturated rings. The Morgan fingerprint density at radius 3 is 2.18 bits per heavy atom. The molecule has 2 N–H and O–H groups in total. The summed E-state index contributed by atoms with van der Waals surface area (Å²) in [5, 5.41) is 0. The fourth-order valence-corrected chi connectivity index (χ4v) is 1.51. The second kappa shape index (κ2) is 7.98. The molecule has 4 heteroatoms. The Balaban J connectivity index is 0.00000256. The van der Waals surface area contributed by atoms with E-state index in [1.165, 1.54) is 0 Å².